The van der Waals surface area contributed by atoms with Crippen molar-refractivity contribution in [2.45, 2.75) is 44.6 Å². The number of rotatable bonds is 3. The molecule has 0 saturated heterocycles. The first kappa shape index (κ1) is 13.4. The van der Waals surface area contributed by atoms with Gasteiger partial charge in [0.1, 0.15) is 0 Å². The van der Waals surface area contributed by atoms with Gasteiger partial charge in [-0.3, -0.25) is 0 Å². The van der Waals surface area contributed by atoms with Gasteiger partial charge in [0.15, 0.2) is 0 Å². The third kappa shape index (κ3) is 2.78. The zero-order valence-electron chi connectivity index (χ0n) is 11.9. The lowest BCUT2D eigenvalue weighted by Gasteiger charge is -2.22. The molecule has 0 aromatic heterocycles. The van der Waals surface area contributed by atoms with Crippen molar-refractivity contribution in [3.63, 3.8) is 0 Å². The predicted octanol–water partition coefficient (Wildman–Crippen LogP) is 4.89. The maximum atomic E-state index is 9.44. The quantitative estimate of drug-likeness (QED) is 0.838. The normalized spacial score (nSPS) is 16.2. The van der Waals surface area contributed by atoms with Crippen LogP contribution in [0.5, 0.6) is 0 Å². The summed E-state index contributed by atoms with van der Waals surface area (Å²) in [5.41, 5.74) is 4.83. The van der Waals surface area contributed by atoms with Crippen LogP contribution in [-0.2, 0) is 6.61 Å². The van der Waals surface area contributed by atoms with Crippen LogP contribution in [0.2, 0.25) is 0 Å². The molecule has 0 atom stereocenters. The Bertz CT molecular complexity index is 550. The molecule has 0 radical (unpaired) electrons. The highest BCUT2D eigenvalue weighted by molar-refractivity contribution is 5.67. The molecule has 1 aliphatic rings. The maximum absolute atomic E-state index is 9.44. The summed E-state index contributed by atoms with van der Waals surface area (Å²) >= 11 is 0. The van der Waals surface area contributed by atoms with Gasteiger partial charge in [-0.15, -0.1) is 0 Å². The van der Waals surface area contributed by atoms with E-state index in [0.717, 1.165) is 17.0 Å². The van der Waals surface area contributed by atoms with Crippen molar-refractivity contribution in [1.29, 1.82) is 0 Å². The molecular formula is C19H22O. The van der Waals surface area contributed by atoms with Gasteiger partial charge < -0.3 is 5.11 Å². The Kier molecular flexibility index (Phi) is 4.17. The first-order valence-electron chi connectivity index (χ1n) is 7.67. The van der Waals surface area contributed by atoms with Gasteiger partial charge in [-0.2, -0.15) is 0 Å². The van der Waals surface area contributed by atoms with Gasteiger partial charge in [-0.25, -0.2) is 0 Å². The molecule has 3 rings (SSSR count). The molecule has 0 amide bonds. The Labute approximate surface area is 121 Å². The monoisotopic (exact) mass is 266 g/mol. The van der Waals surface area contributed by atoms with Gasteiger partial charge in [0.05, 0.1) is 6.61 Å². The summed E-state index contributed by atoms with van der Waals surface area (Å²) in [6, 6.07) is 17.1. The van der Waals surface area contributed by atoms with Gasteiger partial charge in [-0.05, 0) is 41.0 Å². The van der Waals surface area contributed by atoms with E-state index in [1.807, 2.05) is 18.2 Å². The summed E-state index contributed by atoms with van der Waals surface area (Å²) in [6.07, 6.45) is 6.83. The molecule has 2 aromatic carbocycles. The van der Waals surface area contributed by atoms with E-state index in [-0.39, 0.29) is 6.61 Å². The minimum atomic E-state index is 0.0978. The molecule has 104 valence electrons. The van der Waals surface area contributed by atoms with E-state index in [1.165, 1.54) is 43.2 Å². The summed E-state index contributed by atoms with van der Waals surface area (Å²) in [5, 5.41) is 9.44. The second kappa shape index (κ2) is 6.23. The molecular weight excluding hydrogens is 244 g/mol. The number of aliphatic hydroxyl groups is 1. The molecule has 1 aliphatic carbocycles. The minimum absolute atomic E-state index is 0.0978. The van der Waals surface area contributed by atoms with Crippen LogP contribution < -0.4 is 0 Å². The van der Waals surface area contributed by atoms with Crippen LogP contribution >= 0.6 is 0 Å². The lowest BCUT2D eigenvalue weighted by molar-refractivity contribution is 0.282. The standard InChI is InChI=1S/C19H22O/c20-14-18-8-4-5-9-19(18)17-12-10-16(11-13-17)15-6-2-1-3-7-15/h4-5,8-13,15,20H,1-3,6-7,14H2. The van der Waals surface area contributed by atoms with Gasteiger partial charge in [0, 0.05) is 0 Å². The Balaban J connectivity index is 1.85. The van der Waals surface area contributed by atoms with Gasteiger partial charge >= 0.3 is 0 Å². The van der Waals surface area contributed by atoms with Gasteiger partial charge in [0.25, 0.3) is 0 Å². The molecule has 1 saturated carbocycles. The van der Waals surface area contributed by atoms with E-state index >= 15 is 0 Å². The third-order valence-electron chi connectivity index (χ3n) is 4.49. The number of benzene rings is 2. The van der Waals surface area contributed by atoms with E-state index in [2.05, 4.69) is 30.3 Å². The summed E-state index contributed by atoms with van der Waals surface area (Å²) in [7, 11) is 0. The average Bonchev–Trinajstić information content (AvgIpc) is 2.56. The van der Waals surface area contributed by atoms with Crippen molar-refractivity contribution in [3.05, 3.63) is 59.7 Å². The van der Waals surface area contributed by atoms with Crippen molar-refractivity contribution in [1.82, 2.24) is 0 Å². The molecule has 20 heavy (non-hydrogen) atoms. The third-order valence-corrected chi connectivity index (χ3v) is 4.49. The highest BCUT2D eigenvalue weighted by Crippen LogP contribution is 2.34. The molecule has 2 aromatic rings. The highest BCUT2D eigenvalue weighted by atomic mass is 16.3. The Morgan fingerprint density at radius 2 is 1.55 bits per heavy atom. The van der Waals surface area contributed by atoms with Crippen LogP contribution in [0, 0.1) is 0 Å². The van der Waals surface area contributed by atoms with Crippen molar-refractivity contribution in [3.8, 4) is 11.1 Å². The van der Waals surface area contributed by atoms with Crippen molar-refractivity contribution in [2.75, 3.05) is 0 Å². The molecule has 1 fully saturated rings. The van der Waals surface area contributed by atoms with Crippen LogP contribution in [0.25, 0.3) is 11.1 Å². The van der Waals surface area contributed by atoms with Crippen LogP contribution in [0.4, 0.5) is 0 Å². The van der Waals surface area contributed by atoms with Crippen LogP contribution in [0.1, 0.15) is 49.1 Å². The van der Waals surface area contributed by atoms with E-state index in [1.54, 1.807) is 0 Å². The number of hydrogen-bond donors (Lipinski definition) is 1. The molecule has 1 nitrogen and oxygen atoms in total. The molecule has 0 unspecified atom stereocenters. The fraction of sp³-hybridized carbons (Fsp3) is 0.368. The molecule has 1 heteroatoms. The zero-order valence-corrected chi connectivity index (χ0v) is 11.9. The first-order chi connectivity index (χ1) is 9.88. The van der Waals surface area contributed by atoms with Gasteiger partial charge in [-0.1, -0.05) is 67.8 Å². The largest absolute Gasteiger partial charge is 0.392 e. The number of aliphatic hydroxyl groups excluding tert-OH is 1. The first-order valence-corrected chi connectivity index (χ1v) is 7.67. The summed E-state index contributed by atoms with van der Waals surface area (Å²) in [4.78, 5) is 0. The summed E-state index contributed by atoms with van der Waals surface area (Å²) < 4.78 is 0. The fourth-order valence-corrected chi connectivity index (χ4v) is 3.31. The van der Waals surface area contributed by atoms with E-state index in [4.69, 9.17) is 0 Å². The highest BCUT2D eigenvalue weighted by Gasteiger charge is 2.15. The van der Waals surface area contributed by atoms with Crippen molar-refractivity contribution >= 4 is 0 Å². The summed E-state index contributed by atoms with van der Waals surface area (Å²) in [5.74, 6) is 0.755. The second-order valence-corrected chi connectivity index (χ2v) is 5.77. The fourth-order valence-electron chi connectivity index (χ4n) is 3.31. The topological polar surface area (TPSA) is 20.2 Å². The van der Waals surface area contributed by atoms with Crippen molar-refractivity contribution in [2.24, 2.45) is 0 Å². The van der Waals surface area contributed by atoms with Crippen LogP contribution in [-0.4, -0.2) is 5.11 Å². The predicted molar refractivity (Wildman–Crippen MR) is 83.6 cm³/mol. The van der Waals surface area contributed by atoms with Crippen molar-refractivity contribution < 1.29 is 5.11 Å². The SMILES string of the molecule is OCc1ccccc1-c1ccc(C2CCCCC2)cc1. The molecule has 1 N–H and O–H groups in total. The molecule has 0 aliphatic heterocycles. The number of hydrogen-bond acceptors (Lipinski definition) is 1. The van der Waals surface area contributed by atoms with Crippen LogP contribution in [0.15, 0.2) is 48.5 Å². The Hall–Kier alpha value is -1.60. The van der Waals surface area contributed by atoms with Crippen LogP contribution in [0.3, 0.4) is 0 Å². The van der Waals surface area contributed by atoms with E-state index < -0.39 is 0 Å². The minimum Gasteiger partial charge on any atom is -0.392 e. The van der Waals surface area contributed by atoms with E-state index in [0.29, 0.717) is 0 Å². The van der Waals surface area contributed by atoms with Gasteiger partial charge in [0.2, 0.25) is 0 Å². The average molecular weight is 266 g/mol. The smallest absolute Gasteiger partial charge is 0.0687 e. The molecule has 0 spiro atoms. The lowest BCUT2D eigenvalue weighted by atomic mass is 9.83. The summed E-state index contributed by atoms with van der Waals surface area (Å²) in [6.45, 7) is 0.0978. The lowest BCUT2D eigenvalue weighted by Crippen LogP contribution is -2.04. The Morgan fingerprint density at radius 3 is 2.25 bits per heavy atom. The molecule has 0 heterocycles. The Morgan fingerprint density at radius 1 is 0.850 bits per heavy atom. The maximum Gasteiger partial charge on any atom is 0.0687 e. The molecule has 0 bridgehead atoms. The van der Waals surface area contributed by atoms with E-state index in [9.17, 15) is 5.11 Å². The zero-order chi connectivity index (χ0) is 13.8. The second-order valence-electron chi connectivity index (χ2n) is 5.77.